The molecule has 3 nitrogen and oxygen atoms in total. The van der Waals surface area contributed by atoms with E-state index in [2.05, 4.69) is 6.92 Å². The van der Waals surface area contributed by atoms with Gasteiger partial charge in [0.1, 0.15) is 0 Å². The minimum absolute atomic E-state index is 0.0597. The fourth-order valence-electron chi connectivity index (χ4n) is 2.83. The molecular formula is C15H22ClNO2S. The normalized spacial score (nSPS) is 24.8. The zero-order chi connectivity index (χ0) is 14.9. The third-order valence-electron chi connectivity index (χ3n) is 4.15. The van der Waals surface area contributed by atoms with Crippen LogP contribution in [0, 0.1) is 12.8 Å². The van der Waals surface area contributed by atoms with Crippen molar-refractivity contribution in [1.29, 1.82) is 0 Å². The average Bonchev–Trinajstić information content (AvgIpc) is 2.38. The molecule has 1 saturated heterocycles. The Bertz CT molecular complexity index is 586. The van der Waals surface area contributed by atoms with Crippen molar-refractivity contribution < 1.29 is 8.42 Å². The van der Waals surface area contributed by atoms with E-state index in [-0.39, 0.29) is 6.04 Å². The Balaban J connectivity index is 2.35. The predicted octanol–water partition coefficient (Wildman–Crippen LogP) is 3.54. The lowest BCUT2D eigenvalue weighted by molar-refractivity contribution is 0.220. The first-order chi connectivity index (χ1) is 9.36. The summed E-state index contributed by atoms with van der Waals surface area (Å²) in [7, 11) is -3.41. The summed E-state index contributed by atoms with van der Waals surface area (Å²) in [6.07, 6.45) is 1.85. The van der Waals surface area contributed by atoms with Crippen molar-refractivity contribution in [2.45, 2.75) is 50.4 Å². The van der Waals surface area contributed by atoms with E-state index in [1.165, 1.54) is 0 Å². The molecule has 0 amide bonds. The summed E-state index contributed by atoms with van der Waals surface area (Å²) >= 11 is 5.88. The second-order valence-electron chi connectivity index (χ2n) is 5.82. The van der Waals surface area contributed by atoms with Crippen molar-refractivity contribution >= 4 is 21.6 Å². The SMILES string of the molecule is Cc1ccc(S(=O)(=O)N2CCC(C)CC2C)cc1CCl. The number of alkyl halides is 1. The number of hydrogen-bond donors (Lipinski definition) is 0. The lowest BCUT2D eigenvalue weighted by Gasteiger charge is -2.35. The standard InChI is InChI=1S/C15H22ClNO2S/c1-11-6-7-17(13(3)8-11)20(18,19)15-5-4-12(2)14(9-15)10-16/h4-5,9,11,13H,6-8,10H2,1-3H3. The van der Waals surface area contributed by atoms with Crippen LogP contribution in [0.15, 0.2) is 23.1 Å². The molecule has 0 aliphatic carbocycles. The molecule has 0 aromatic heterocycles. The van der Waals surface area contributed by atoms with Crippen LogP contribution in [0.5, 0.6) is 0 Å². The quantitative estimate of drug-likeness (QED) is 0.800. The first-order valence-electron chi connectivity index (χ1n) is 7.03. The molecule has 1 aromatic carbocycles. The van der Waals surface area contributed by atoms with E-state index in [9.17, 15) is 8.42 Å². The smallest absolute Gasteiger partial charge is 0.207 e. The van der Waals surface area contributed by atoms with Crippen LogP contribution in [-0.4, -0.2) is 25.3 Å². The summed E-state index contributed by atoms with van der Waals surface area (Å²) in [5.41, 5.74) is 1.91. The van der Waals surface area contributed by atoms with Gasteiger partial charge >= 0.3 is 0 Å². The van der Waals surface area contributed by atoms with E-state index in [4.69, 9.17) is 11.6 Å². The maximum absolute atomic E-state index is 12.8. The van der Waals surface area contributed by atoms with Crippen LogP contribution >= 0.6 is 11.6 Å². The Morgan fingerprint density at radius 3 is 2.65 bits per heavy atom. The Kier molecular flexibility index (Phi) is 4.77. The van der Waals surface area contributed by atoms with E-state index in [0.29, 0.717) is 23.2 Å². The summed E-state index contributed by atoms with van der Waals surface area (Å²) in [6.45, 7) is 6.72. The van der Waals surface area contributed by atoms with Crippen LogP contribution in [0.4, 0.5) is 0 Å². The number of sulfonamides is 1. The van der Waals surface area contributed by atoms with Gasteiger partial charge < -0.3 is 0 Å². The zero-order valence-electron chi connectivity index (χ0n) is 12.3. The van der Waals surface area contributed by atoms with E-state index >= 15 is 0 Å². The molecule has 1 aromatic rings. The molecule has 2 rings (SSSR count). The molecule has 0 N–H and O–H groups in total. The number of aryl methyl sites for hydroxylation is 1. The van der Waals surface area contributed by atoms with Crippen LogP contribution in [0.3, 0.4) is 0 Å². The maximum Gasteiger partial charge on any atom is 0.243 e. The third kappa shape index (κ3) is 3.02. The average molecular weight is 316 g/mol. The van der Waals surface area contributed by atoms with Gasteiger partial charge in [-0.15, -0.1) is 11.6 Å². The molecule has 2 atom stereocenters. The van der Waals surface area contributed by atoms with E-state index in [1.54, 1.807) is 16.4 Å². The minimum Gasteiger partial charge on any atom is -0.207 e. The maximum atomic E-state index is 12.8. The highest BCUT2D eigenvalue weighted by atomic mass is 35.5. The fourth-order valence-corrected chi connectivity index (χ4v) is 4.83. The molecule has 0 radical (unpaired) electrons. The lowest BCUT2D eigenvalue weighted by atomic mass is 9.95. The summed E-state index contributed by atoms with van der Waals surface area (Å²) in [5, 5.41) is 0. The number of benzene rings is 1. The van der Waals surface area contributed by atoms with Crippen molar-refractivity contribution in [1.82, 2.24) is 4.31 Å². The summed E-state index contributed by atoms with van der Waals surface area (Å²) in [6, 6.07) is 5.29. The summed E-state index contributed by atoms with van der Waals surface area (Å²) in [4.78, 5) is 0.361. The fraction of sp³-hybridized carbons (Fsp3) is 0.600. The lowest BCUT2D eigenvalue weighted by Crippen LogP contribution is -2.44. The Labute approximate surface area is 127 Å². The van der Waals surface area contributed by atoms with Crippen LogP contribution < -0.4 is 0 Å². The molecule has 2 unspecified atom stereocenters. The number of piperidine rings is 1. The van der Waals surface area contributed by atoms with Gasteiger partial charge in [0.05, 0.1) is 4.90 Å². The van der Waals surface area contributed by atoms with Gasteiger partial charge in [0.15, 0.2) is 0 Å². The topological polar surface area (TPSA) is 37.4 Å². The van der Waals surface area contributed by atoms with Gasteiger partial charge in [-0.3, -0.25) is 0 Å². The molecule has 1 aliphatic rings. The van der Waals surface area contributed by atoms with Crippen LogP contribution in [-0.2, 0) is 15.9 Å². The minimum atomic E-state index is -3.41. The molecule has 0 saturated carbocycles. The predicted molar refractivity (Wildman–Crippen MR) is 82.5 cm³/mol. The molecule has 0 bridgehead atoms. The molecule has 112 valence electrons. The Morgan fingerprint density at radius 1 is 1.35 bits per heavy atom. The van der Waals surface area contributed by atoms with Crippen LogP contribution in [0.25, 0.3) is 0 Å². The van der Waals surface area contributed by atoms with Crippen molar-refractivity contribution in [3.05, 3.63) is 29.3 Å². The van der Waals surface area contributed by atoms with E-state index < -0.39 is 10.0 Å². The van der Waals surface area contributed by atoms with Crippen molar-refractivity contribution in [3.63, 3.8) is 0 Å². The third-order valence-corrected chi connectivity index (χ3v) is 6.45. The van der Waals surface area contributed by atoms with Gasteiger partial charge in [-0.1, -0.05) is 13.0 Å². The highest BCUT2D eigenvalue weighted by Gasteiger charge is 2.33. The molecular weight excluding hydrogens is 294 g/mol. The number of halogens is 1. The Morgan fingerprint density at radius 2 is 2.05 bits per heavy atom. The molecule has 20 heavy (non-hydrogen) atoms. The molecule has 5 heteroatoms. The second-order valence-corrected chi connectivity index (χ2v) is 7.97. The summed E-state index contributed by atoms with van der Waals surface area (Å²) < 4.78 is 27.2. The van der Waals surface area contributed by atoms with Gasteiger partial charge in [-0.2, -0.15) is 4.31 Å². The van der Waals surface area contributed by atoms with Gasteiger partial charge in [0.2, 0.25) is 10.0 Å². The first-order valence-corrected chi connectivity index (χ1v) is 9.01. The van der Waals surface area contributed by atoms with Crippen molar-refractivity contribution in [2.75, 3.05) is 6.54 Å². The molecule has 1 fully saturated rings. The van der Waals surface area contributed by atoms with Gasteiger partial charge in [-0.25, -0.2) is 8.42 Å². The van der Waals surface area contributed by atoms with Crippen molar-refractivity contribution in [3.8, 4) is 0 Å². The monoisotopic (exact) mass is 315 g/mol. The number of rotatable bonds is 3. The van der Waals surface area contributed by atoms with E-state index in [1.807, 2.05) is 19.9 Å². The van der Waals surface area contributed by atoms with Crippen molar-refractivity contribution in [2.24, 2.45) is 5.92 Å². The number of nitrogens with zero attached hydrogens (tertiary/aromatic N) is 1. The van der Waals surface area contributed by atoms with Crippen LogP contribution in [0.1, 0.15) is 37.8 Å². The van der Waals surface area contributed by atoms with Crippen LogP contribution in [0.2, 0.25) is 0 Å². The zero-order valence-corrected chi connectivity index (χ0v) is 13.8. The molecule has 1 aliphatic heterocycles. The second kappa shape index (κ2) is 6.04. The van der Waals surface area contributed by atoms with Gasteiger partial charge in [-0.05, 0) is 55.9 Å². The van der Waals surface area contributed by atoms with Gasteiger partial charge in [0.25, 0.3) is 0 Å². The van der Waals surface area contributed by atoms with E-state index in [0.717, 1.165) is 24.0 Å². The largest absolute Gasteiger partial charge is 0.243 e. The highest BCUT2D eigenvalue weighted by Crippen LogP contribution is 2.29. The summed E-state index contributed by atoms with van der Waals surface area (Å²) in [5.74, 6) is 0.926. The van der Waals surface area contributed by atoms with Gasteiger partial charge in [0, 0.05) is 18.5 Å². The Hall–Kier alpha value is -0.580. The molecule has 0 spiro atoms. The number of hydrogen-bond acceptors (Lipinski definition) is 2. The highest BCUT2D eigenvalue weighted by molar-refractivity contribution is 7.89. The molecule has 1 heterocycles. The first kappa shape index (κ1) is 15.8.